The summed E-state index contributed by atoms with van der Waals surface area (Å²) in [5.41, 5.74) is 0. The second kappa shape index (κ2) is 7.76. The molecular weight excluding hydrogens is 281 g/mol. The van der Waals surface area contributed by atoms with Gasteiger partial charge in [0.25, 0.3) is 0 Å². The van der Waals surface area contributed by atoms with E-state index >= 15 is 0 Å². The van der Waals surface area contributed by atoms with Crippen molar-refractivity contribution in [1.29, 1.82) is 0 Å². The van der Waals surface area contributed by atoms with Crippen molar-refractivity contribution >= 4 is 17.4 Å². The summed E-state index contributed by atoms with van der Waals surface area (Å²) in [5, 5.41) is 3.72. The van der Waals surface area contributed by atoms with Gasteiger partial charge in [-0.25, -0.2) is 9.37 Å². The van der Waals surface area contributed by atoms with Gasteiger partial charge in [-0.3, -0.25) is 0 Å². The SMILES string of the molecule is COCCNCC1CCN(c2ncc(Cl)cc2F)CC1. The number of hydrogen-bond acceptors (Lipinski definition) is 4. The maximum Gasteiger partial charge on any atom is 0.167 e. The quantitative estimate of drug-likeness (QED) is 0.818. The lowest BCUT2D eigenvalue weighted by Gasteiger charge is -2.33. The Balaban J connectivity index is 1.79. The van der Waals surface area contributed by atoms with Crippen LogP contribution in [0.25, 0.3) is 0 Å². The zero-order valence-electron chi connectivity index (χ0n) is 11.7. The molecule has 1 aromatic heterocycles. The number of nitrogens with one attached hydrogen (secondary N) is 1. The molecule has 0 aromatic carbocycles. The molecule has 0 amide bonds. The summed E-state index contributed by atoms with van der Waals surface area (Å²) < 4.78 is 18.8. The molecule has 0 unspecified atom stereocenters. The minimum atomic E-state index is -0.339. The molecule has 0 atom stereocenters. The standard InChI is InChI=1S/C14H21ClFN3O/c1-20-7-4-17-9-11-2-5-19(6-3-11)14-13(16)8-12(15)10-18-14/h8,10-11,17H,2-7,9H2,1H3. The van der Waals surface area contributed by atoms with Crippen molar-refractivity contribution in [3.8, 4) is 0 Å². The van der Waals surface area contributed by atoms with Crippen molar-refractivity contribution in [3.63, 3.8) is 0 Å². The van der Waals surface area contributed by atoms with E-state index in [2.05, 4.69) is 10.3 Å². The third kappa shape index (κ3) is 4.30. The molecular formula is C14H21ClFN3O. The minimum Gasteiger partial charge on any atom is -0.383 e. The van der Waals surface area contributed by atoms with Crippen molar-refractivity contribution < 1.29 is 9.13 Å². The molecule has 4 nitrogen and oxygen atoms in total. The minimum absolute atomic E-state index is 0.337. The molecule has 1 fully saturated rings. The number of rotatable bonds is 6. The number of hydrogen-bond donors (Lipinski definition) is 1. The first kappa shape index (κ1) is 15.5. The first-order valence-electron chi connectivity index (χ1n) is 6.96. The zero-order valence-corrected chi connectivity index (χ0v) is 12.5. The molecule has 20 heavy (non-hydrogen) atoms. The van der Waals surface area contributed by atoms with Crippen LogP contribution in [-0.2, 0) is 4.74 Å². The molecule has 1 saturated heterocycles. The third-order valence-corrected chi connectivity index (χ3v) is 3.83. The number of ether oxygens (including phenoxy) is 1. The Labute approximate surface area is 124 Å². The molecule has 0 bridgehead atoms. The average Bonchev–Trinajstić information content (AvgIpc) is 2.45. The Morgan fingerprint density at radius 1 is 1.50 bits per heavy atom. The van der Waals surface area contributed by atoms with E-state index in [1.54, 1.807) is 7.11 Å². The molecule has 6 heteroatoms. The second-order valence-electron chi connectivity index (χ2n) is 5.09. The molecule has 1 aromatic rings. The number of anilines is 1. The van der Waals surface area contributed by atoms with Gasteiger partial charge in [-0.15, -0.1) is 0 Å². The molecule has 2 heterocycles. The van der Waals surface area contributed by atoms with E-state index in [1.807, 2.05) is 4.90 Å². The van der Waals surface area contributed by atoms with E-state index in [0.29, 0.717) is 16.8 Å². The molecule has 0 radical (unpaired) electrons. The molecule has 2 rings (SSSR count). The van der Waals surface area contributed by atoms with Crippen LogP contribution in [0.3, 0.4) is 0 Å². The molecule has 1 N–H and O–H groups in total. The van der Waals surface area contributed by atoms with Crippen LogP contribution < -0.4 is 10.2 Å². The predicted molar refractivity (Wildman–Crippen MR) is 78.9 cm³/mol. The van der Waals surface area contributed by atoms with Gasteiger partial charge in [0.15, 0.2) is 11.6 Å². The highest BCUT2D eigenvalue weighted by atomic mass is 35.5. The van der Waals surface area contributed by atoms with Crippen molar-refractivity contribution in [2.45, 2.75) is 12.8 Å². The first-order chi connectivity index (χ1) is 9.70. The van der Waals surface area contributed by atoms with Crippen LogP contribution in [0.5, 0.6) is 0 Å². The van der Waals surface area contributed by atoms with Gasteiger partial charge in [-0.05, 0) is 31.4 Å². The van der Waals surface area contributed by atoms with Crippen LogP contribution in [0.2, 0.25) is 5.02 Å². The second-order valence-corrected chi connectivity index (χ2v) is 5.52. The largest absolute Gasteiger partial charge is 0.383 e. The third-order valence-electron chi connectivity index (χ3n) is 3.62. The molecule has 0 spiro atoms. The average molecular weight is 302 g/mol. The molecule has 0 saturated carbocycles. The Bertz CT molecular complexity index is 425. The summed E-state index contributed by atoms with van der Waals surface area (Å²) in [6.07, 6.45) is 3.59. The smallest absolute Gasteiger partial charge is 0.167 e. The van der Waals surface area contributed by atoms with E-state index in [1.165, 1.54) is 12.3 Å². The number of pyridine rings is 1. The maximum atomic E-state index is 13.8. The summed E-state index contributed by atoms with van der Waals surface area (Å²) in [6.45, 7) is 4.28. The van der Waals surface area contributed by atoms with Gasteiger partial charge in [0, 0.05) is 32.9 Å². The van der Waals surface area contributed by atoms with Crippen molar-refractivity contribution in [2.24, 2.45) is 5.92 Å². The first-order valence-corrected chi connectivity index (χ1v) is 7.34. The lowest BCUT2D eigenvalue weighted by molar-refractivity contribution is 0.196. The summed E-state index contributed by atoms with van der Waals surface area (Å²) in [5.74, 6) is 0.716. The Morgan fingerprint density at radius 3 is 2.90 bits per heavy atom. The molecule has 0 aliphatic carbocycles. The fourth-order valence-electron chi connectivity index (χ4n) is 2.47. The fourth-order valence-corrected chi connectivity index (χ4v) is 2.61. The summed E-state index contributed by atoms with van der Waals surface area (Å²) >= 11 is 5.72. The normalized spacial score (nSPS) is 16.6. The van der Waals surface area contributed by atoms with Gasteiger partial charge in [0.05, 0.1) is 11.6 Å². The topological polar surface area (TPSA) is 37.4 Å². The van der Waals surface area contributed by atoms with Crippen molar-refractivity contribution in [1.82, 2.24) is 10.3 Å². The lowest BCUT2D eigenvalue weighted by atomic mass is 9.97. The van der Waals surface area contributed by atoms with E-state index in [0.717, 1.165) is 45.6 Å². The maximum absolute atomic E-state index is 13.8. The number of aromatic nitrogens is 1. The van der Waals surface area contributed by atoms with Crippen LogP contribution in [0.1, 0.15) is 12.8 Å². The van der Waals surface area contributed by atoms with Crippen LogP contribution in [-0.4, -0.2) is 44.9 Å². The Morgan fingerprint density at radius 2 is 2.25 bits per heavy atom. The van der Waals surface area contributed by atoms with Crippen LogP contribution in [0, 0.1) is 11.7 Å². The van der Waals surface area contributed by atoms with Gasteiger partial charge < -0.3 is 15.0 Å². The predicted octanol–water partition coefficient (Wildman–Crippen LogP) is 2.33. The van der Waals surface area contributed by atoms with Crippen LogP contribution >= 0.6 is 11.6 Å². The van der Waals surface area contributed by atoms with E-state index in [4.69, 9.17) is 16.3 Å². The Hall–Kier alpha value is -0.910. The summed E-state index contributed by atoms with van der Waals surface area (Å²) in [7, 11) is 1.70. The number of piperidine rings is 1. The van der Waals surface area contributed by atoms with Gasteiger partial charge in [0.2, 0.25) is 0 Å². The van der Waals surface area contributed by atoms with Gasteiger partial charge >= 0.3 is 0 Å². The van der Waals surface area contributed by atoms with Gasteiger partial charge in [0.1, 0.15) is 0 Å². The lowest BCUT2D eigenvalue weighted by Crippen LogP contribution is -2.38. The zero-order chi connectivity index (χ0) is 14.4. The number of methoxy groups -OCH3 is 1. The highest BCUT2D eigenvalue weighted by Gasteiger charge is 2.22. The highest BCUT2D eigenvalue weighted by Crippen LogP contribution is 2.25. The Kier molecular flexibility index (Phi) is 6.01. The van der Waals surface area contributed by atoms with Crippen LogP contribution in [0.15, 0.2) is 12.3 Å². The molecule has 112 valence electrons. The summed E-state index contributed by atoms with van der Waals surface area (Å²) in [6, 6.07) is 1.32. The van der Waals surface area contributed by atoms with E-state index in [9.17, 15) is 4.39 Å². The van der Waals surface area contributed by atoms with Crippen LogP contribution in [0.4, 0.5) is 10.2 Å². The fraction of sp³-hybridized carbons (Fsp3) is 0.643. The molecule has 1 aliphatic heterocycles. The van der Waals surface area contributed by atoms with Crippen molar-refractivity contribution in [2.75, 3.05) is 44.8 Å². The monoisotopic (exact) mass is 301 g/mol. The van der Waals surface area contributed by atoms with Crippen molar-refractivity contribution in [3.05, 3.63) is 23.1 Å². The highest BCUT2D eigenvalue weighted by molar-refractivity contribution is 6.30. The van der Waals surface area contributed by atoms with Gasteiger partial charge in [-0.1, -0.05) is 11.6 Å². The summed E-state index contributed by atoms with van der Waals surface area (Å²) in [4.78, 5) is 6.10. The number of nitrogens with zero attached hydrogens (tertiary/aromatic N) is 2. The van der Waals surface area contributed by atoms with E-state index in [-0.39, 0.29) is 5.82 Å². The van der Waals surface area contributed by atoms with E-state index < -0.39 is 0 Å². The number of halogens is 2. The molecule has 1 aliphatic rings. The van der Waals surface area contributed by atoms with Gasteiger partial charge in [-0.2, -0.15) is 0 Å².